The van der Waals surface area contributed by atoms with Crippen LogP contribution in [0.4, 0.5) is 0 Å². The van der Waals surface area contributed by atoms with Crippen molar-refractivity contribution in [2.24, 2.45) is 0 Å². The molecule has 0 bridgehead atoms. The number of ether oxygens (including phenoxy) is 1. The summed E-state index contributed by atoms with van der Waals surface area (Å²) in [5, 5.41) is 1.06. The summed E-state index contributed by atoms with van der Waals surface area (Å²) >= 11 is 0. The molecule has 1 aromatic heterocycles. The highest BCUT2D eigenvalue weighted by atomic mass is 16.5. The van der Waals surface area contributed by atoms with E-state index < -0.39 is 0 Å². The van der Waals surface area contributed by atoms with Gasteiger partial charge in [0, 0.05) is 49.8 Å². The van der Waals surface area contributed by atoms with Crippen LogP contribution >= 0.6 is 0 Å². The fourth-order valence-corrected chi connectivity index (χ4v) is 3.79. The van der Waals surface area contributed by atoms with Gasteiger partial charge in [0.25, 0.3) is 0 Å². The van der Waals surface area contributed by atoms with Gasteiger partial charge in [-0.05, 0) is 29.3 Å². The van der Waals surface area contributed by atoms with E-state index in [9.17, 15) is 4.79 Å². The van der Waals surface area contributed by atoms with Crippen molar-refractivity contribution in [2.75, 3.05) is 39.8 Å². The van der Waals surface area contributed by atoms with Crippen LogP contribution in [0.5, 0.6) is 5.75 Å². The fraction of sp³-hybridized carbons (Fsp3) is 0.292. The Morgan fingerprint density at radius 3 is 2.66 bits per heavy atom. The molecule has 1 fully saturated rings. The number of H-pyrrole nitrogens is 1. The Hall–Kier alpha value is -3.05. The van der Waals surface area contributed by atoms with Crippen molar-refractivity contribution in [3.8, 4) is 5.75 Å². The van der Waals surface area contributed by atoms with Gasteiger partial charge in [-0.2, -0.15) is 0 Å². The quantitative estimate of drug-likeness (QED) is 0.701. The SMILES string of the molecule is COc1ccc2[nH]cc(CC(=O)N3CCN(C/C=C/c4ccccc4)CC3)c2c1. The molecule has 1 aliphatic heterocycles. The van der Waals surface area contributed by atoms with Crippen molar-refractivity contribution in [1.82, 2.24) is 14.8 Å². The Morgan fingerprint density at radius 2 is 1.90 bits per heavy atom. The number of hydrogen-bond donors (Lipinski definition) is 1. The second-order valence-corrected chi connectivity index (χ2v) is 7.40. The van der Waals surface area contributed by atoms with Gasteiger partial charge in [-0.15, -0.1) is 0 Å². The lowest BCUT2D eigenvalue weighted by Crippen LogP contribution is -2.49. The highest BCUT2D eigenvalue weighted by Crippen LogP contribution is 2.24. The first-order valence-corrected chi connectivity index (χ1v) is 10.1. The highest BCUT2D eigenvalue weighted by Gasteiger charge is 2.21. The maximum Gasteiger partial charge on any atom is 0.227 e. The molecule has 0 spiro atoms. The number of carbonyl (C=O) groups excluding carboxylic acids is 1. The average Bonchev–Trinajstić information content (AvgIpc) is 3.16. The number of amides is 1. The van der Waals surface area contributed by atoms with Crippen molar-refractivity contribution < 1.29 is 9.53 Å². The van der Waals surface area contributed by atoms with Crippen LogP contribution < -0.4 is 4.74 Å². The molecule has 0 unspecified atom stereocenters. The topological polar surface area (TPSA) is 48.6 Å². The molecule has 1 N–H and O–H groups in total. The van der Waals surface area contributed by atoms with Gasteiger partial charge in [0.15, 0.2) is 0 Å². The predicted octanol–water partition coefficient (Wildman–Crippen LogP) is 3.58. The molecule has 3 aromatic rings. The van der Waals surface area contributed by atoms with E-state index in [0.29, 0.717) is 6.42 Å². The average molecular weight is 389 g/mol. The first-order valence-electron chi connectivity index (χ1n) is 10.1. The molecule has 5 nitrogen and oxygen atoms in total. The van der Waals surface area contributed by atoms with E-state index in [1.165, 1.54) is 5.56 Å². The number of carbonyl (C=O) groups is 1. The summed E-state index contributed by atoms with van der Waals surface area (Å²) in [6, 6.07) is 16.2. The number of nitrogens with zero attached hydrogens (tertiary/aromatic N) is 2. The second-order valence-electron chi connectivity index (χ2n) is 7.40. The molecule has 0 aliphatic carbocycles. The second kappa shape index (κ2) is 8.97. The molecule has 0 saturated carbocycles. The molecular formula is C24H27N3O2. The van der Waals surface area contributed by atoms with Crippen molar-refractivity contribution in [2.45, 2.75) is 6.42 Å². The number of benzene rings is 2. The van der Waals surface area contributed by atoms with Gasteiger partial charge < -0.3 is 14.6 Å². The minimum absolute atomic E-state index is 0.188. The molecule has 2 aromatic carbocycles. The maximum absolute atomic E-state index is 12.8. The zero-order chi connectivity index (χ0) is 20.1. The van der Waals surface area contributed by atoms with Crippen molar-refractivity contribution in [1.29, 1.82) is 0 Å². The van der Waals surface area contributed by atoms with E-state index in [0.717, 1.165) is 54.9 Å². The Morgan fingerprint density at radius 1 is 1.10 bits per heavy atom. The van der Waals surface area contributed by atoms with Crippen LogP contribution in [-0.2, 0) is 11.2 Å². The maximum atomic E-state index is 12.8. The van der Waals surface area contributed by atoms with E-state index in [4.69, 9.17) is 4.74 Å². The highest BCUT2D eigenvalue weighted by molar-refractivity contribution is 5.89. The third-order valence-corrected chi connectivity index (χ3v) is 5.51. The third-order valence-electron chi connectivity index (χ3n) is 5.51. The Kier molecular flexibility index (Phi) is 5.96. The summed E-state index contributed by atoms with van der Waals surface area (Å²) in [4.78, 5) is 20.4. The summed E-state index contributed by atoms with van der Waals surface area (Å²) < 4.78 is 5.32. The zero-order valence-corrected chi connectivity index (χ0v) is 16.8. The number of rotatable bonds is 6. The van der Waals surface area contributed by atoms with Crippen LogP contribution in [0.25, 0.3) is 17.0 Å². The van der Waals surface area contributed by atoms with Crippen molar-refractivity contribution in [3.63, 3.8) is 0 Å². The van der Waals surface area contributed by atoms with Gasteiger partial charge in [0.2, 0.25) is 5.91 Å². The van der Waals surface area contributed by atoms with Gasteiger partial charge in [0.05, 0.1) is 13.5 Å². The number of hydrogen-bond acceptors (Lipinski definition) is 3. The largest absolute Gasteiger partial charge is 0.497 e. The Bertz CT molecular complexity index is 986. The molecule has 5 heteroatoms. The van der Waals surface area contributed by atoms with Crippen LogP contribution in [0.2, 0.25) is 0 Å². The number of aromatic amines is 1. The normalized spacial score (nSPS) is 15.3. The number of nitrogens with one attached hydrogen (secondary N) is 1. The van der Waals surface area contributed by atoms with Gasteiger partial charge in [-0.1, -0.05) is 42.5 Å². The van der Waals surface area contributed by atoms with Gasteiger partial charge in [-0.25, -0.2) is 0 Å². The molecule has 1 saturated heterocycles. The van der Waals surface area contributed by atoms with Gasteiger partial charge in [-0.3, -0.25) is 9.69 Å². The zero-order valence-electron chi connectivity index (χ0n) is 16.8. The Labute approximate surface area is 171 Å². The molecule has 1 amide bonds. The van der Waals surface area contributed by atoms with Crippen molar-refractivity contribution in [3.05, 3.63) is 71.9 Å². The van der Waals surface area contributed by atoms with E-state index in [-0.39, 0.29) is 5.91 Å². The van der Waals surface area contributed by atoms with Crippen LogP contribution in [0.3, 0.4) is 0 Å². The van der Waals surface area contributed by atoms with Crippen LogP contribution in [0.1, 0.15) is 11.1 Å². The summed E-state index contributed by atoms with van der Waals surface area (Å²) in [7, 11) is 1.66. The summed E-state index contributed by atoms with van der Waals surface area (Å²) in [6.45, 7) is 4.30. The molecule has 0 atom stereocenters. The number of fused-ring (bicyclic) bond motifs is 1. The Balaban J connectivity index is 1.30. The van der Waals surface area contributed by atoms with Gasteiger partial charge in [0.1, 0.15) is 5.75 Å². The standard InChI is InChI=1S/C24H27N3O2/c1-29-21-9-10-23-22(17-21)20(18-25-23)16-24(28)27-14-12-26(13-15-27)11-5-8-19-6-3-2-4-7-19/h2-10,17-18,25H,11-16H2,1H3/b8-5+. The molecular weight excluding hydrogens is 362 g/mol. The molecule has 4 rings (SSSR count). The fourth-order valence-electron chi connectivity index (χ4n) is 3.79. The lowest BCUT2D eigenvalue weighted by atomic mass is 10.1. The first kappa shape index (κ1) is 19.3. The summed E-state index contributed by atoms with van der Waals surface area (Å²) in [6.07, 6.45) is 6.71. The monoisotopic (exact) mass is 389 g/mol. The van der Waals surface area contributed by atoms with E-state index in [1.807, 2.05) is 47.5 Å². The van der Waals surface area contributed by atoms with Crippen molar-refractivity contribution >= 4 is 22.9 Å². The van der Waals surface area contributed by atoms with E-state index in [2.05, 4.69) is 34.2 Å². The third kappa shape index (κ3) is 4.69. The lowest BCUT2D eigenvalue weighted by Gasteiger charge is -2.34. The number of methoxy groups -OCH3 is 1. The summed E-state index contributed by atoms with van der Waals surface area (Å²) in [5.74, 6) is 0.996. The predicted molar refractivity (Wildman–Crippen MR) is 117 cm³/mol. The van der Waals surface area contributed by atoms with E-state index >= 15 is 0 Å². The van der Waals surface area contributed by atoms with Crippen LogP contribution in [0, 0.1) is 0 Å². The number of aromatic nitrogens is 1. The van der Waals surface area contributed by atoms with Gasteiger partial charge >= 0.3 is 0 Å². The molecule has 150 valence electrons. The lowest BCUT2D eigenvalue weighted by molar-refractivity contribution is -0.132. The van der Waals surface area contributed by atoms with E-state index in [1.54, 1.807) is 7.11 Å². The first-order chi connectivity index (χ1) is 14.2. The minimum atomic E-state index is 0.188. The minimum Gasteiger partial charge on any atom is -0.497 e. The molecule has 29 heavy (non-hydrogen) atoms. The summed E-state index contributed by atoms with van der Waals surface area (Å²) in [5.41, 5.74) is 3.28. The molecule has 2 heterocycles. The molecule has 0 radical (unpaired) electrons. The number of piperazine rings is 1. The van der Waals surface area contributed by atoms with Crippen LogP contribution in [0.15, 0.2) is 60.8 Å². The van der Waals surface area contributed by atoms with Crippen LogP contribution in [-0.4, -0.2) is 60.5 Å². The smallest absolute Gasteiger partial charge is 0.227 e. The molecule has 1 aliphatic rings.